The average molecular weight is 171 g/mol. The van der Waals surface area contributed by atoms with Crippen molar-refractivity contribution in [2.24, 2.45) is 5.92 Å². The SMILES string of the molecule is C1CNCC(SCC2CC2)C1. The van der Waals surface area contributed by atoms with Crippen molar-refractivity contribution in [3.05, 3.63) is 0 Å². The number of rotatable bonds is 3. The van der Waals surface area contributed by atoms with Crippen molar-refractivity contribution in [1.29, 1.82) is 0 Å². The van der Waals surface area contributed by atoms with Crippen LogP contribution in [0.25, 0.3) is 0 Å². The average Bonchev–Trinajstić information content (AvgIpc) is 2.86. The van der Waals surface area contributed by atoms with Gasteiger partial charge in [0, 0.05) is 11.8 Å². The van der Waals surface area contributed by atoms with Crippen LogP contribution in [0.15, 0.2) is 0 Å². The van der Waals surface area contributed by atoms with Crippen molar-refractivity contribution in [1.82, 2.24) is 5.32 Å². The molecule has 1 aliphatic heterocycles. The van der Waals surface area contributed by atoms with Gasteiger partial charge in [-0.05, 0) is 43.9 Å². The standard InChI is InChI=1S/C9H17NS/c1-2-9(6-10-5-1)11-7-8-3-4-8/h8-10H,1-7H2. The molecule has 1 unspecified atom stereocenters. The first-order chi connectivity index (χ1) is 5.45. The third-order valence-electron chi connectivity index (χ3n) is 2.52. The summed E-state index contributed by atoms with van der Waals surface area (Å²) in [6.45, 7) is 2.51. The molecular weight excluding hydrogens is 154 g/mol. The van der Waals surface area contributed by atoms with Gasteiger partial charge in [0.2, 0.25) is 0 Å². The van der Waals surface area contributed by atoms with E-state index in [4.69, 9.17) is 0 Å². The monoisotopic (exact) mass is 171 g/mol. The second-order valence-electron chi connectivity index (χ2n) is 3.75. The zero-order valence-corrected chi connectivity index (χ0v) is 7.83. The fourth-order valence-corrected chi connectivity index (χ4v) is 2.97. The van der Waals surface area contributed by atoms with Gasteiger partial charge >= 0.3 is 0 Å². The van der Waals surface area contributed by atoms with E-state index < -0.39 is 0 Å². The lowest BCUT2D eigenvalue weighted by Gasteiger charge is -2.21. The molecule has 1 nitrogen and oxygen atoms in total. The molecule has 1 saturated carbocycles. The normalized spacial score (nSPS) is 32.2. The van der Waals surface area contributed by atoms with Gasteiger partial charge in [-0.2, -0.15) is 11.8 Å². The molecule has 2 aliphatic rings. The highest BCUT2D eigenvalue weighted by Gasteiger charge is 2.23. The van der Waals surface area contributed by atoms with Crippen LogP contribution in [0.5, 0.6) is 0 Å². The minimum absolute atomic E-state index is 0.935. The van der Waals surface area contributed by atoms with E-state index in [2.05, 4.69) is 17.1 Å². The number of piperidine rings is 1. The molecule has 0 radical (unpaired) electrons. The Hall–Kier alpha value is 0.310. The minimum Gasteiger partial charge on any atom is -0.316 e. The van der Waals surface area contributed by atoms with Gasteiger partial charge in [-0.25, -0.2) is 0 Å². The summed E-state index contributed by atoms with van der Waals surface area (Å²) in [6.07, 6.45) is 5.85. The van der Waals surface area contributed by atoms with Gasteiger partial charge < -0.3 is 5.32 Å². The van der Waals surface area contributed by atoms with Crippen molar-refractivity contribution in [2.45, 2.75) is 30.9 Å². The van der Waals surface area contributed by atoms with Crippen LogP contribution in [0.2, 0.25) is 0 Å². The van der Waals surface area contributed by atoms with E-state index in [0.717, 1.165) is 11.2 Å². The molecule has 2 heteroatoms. The first-order valence-electron chi connectivity index (χ1n) is 4.77. The summed E-state index contributed by atoms with van der Waals surface area (Å²) in [7, 11) is 0. The maximum atomic E-state index is 3.46. The van der Waals surface area contributed by atoms with Crippen LogP contribution in [0, 0.1) is 5.92 Å². The number of nitrogens with one attached hydrogen (secondary N) is 1. The molecule has 1 N–H and O–H groups in total. The lowest BCUT2D eigenvalue weighted by atomic mass is 10.2. The Balaban J connectivity index is 1.59. The molecule has 0 aromatic rings. The van der Waals surface area contributed by atoms with E-state index in [1.54, 1.807) is 0 Å². The Morgan fingerprint density at radius 2 is 2.18 bits per heavy atom. The van der Waals surface area contributed by atoms with Crippen LogP contribution in [-0.2, 0) is 0 Å². The van der Waals surface area contributed by atoms with Crippen LogP contribution in [-0.4, -0.2) is 24.1 Å². The molecule has 1 heterocycles. The Morgan fingerprint density at radius 1 is 1.27 bits per heavy atom. The van der Waals surface area contributed by atoms with E-state index in [-0.39, 0.29) is 0 Å². The van der Waals surface area contributed by atoms with Crippen molar-refractivity contribution >= 4 is 11.8 Å². The summed E-state index contributed by atoms with van der Waals surface area (Å²) in [5, 5.41) is 4.39. The summed E-state index contributed by atoms with van der Waals surface area (Å²) in [5.74, 6) is 2.54. The largest absolute Gasteiger partial charge is 0.316 e. The molecule has 0 aromatic carbocycles. The van der Waals surface area contributed by atoms with Crippen molar-refractivity contribution in [2.75, 3.05) is 18.8 Å². The van der Waals surface area contributed by atoms with E-state index in [9.17, 15) is 0 Å². The van der Waals surface area contributed by atoms with Gasteiger partial charge in [0.05, 0.1) is 0 Å². The summed E-state index contributed by atoms with van der Waals surface area (Å²) < 4.78 is 0. The molecule has 0 spiro atoms. The zero-order chi connectivity index (χ0) is 7.52. The lowest BCUT2D eigenvalue weighted by molar-refractivity contribution is 0.531. The Kier molecular flexibility index (Phi) is 2.75. The Morgan fingerprint density at radius 3 is 2.82 bits per heavy atom. The van der Waals surface area contributed by atoms with Crippen LogP contribution < -0.4 is 5.32 Å². The van der Waals surface area contributed by atoms with Crippen LogP contribution >= 0.6 is 11.8 Å². The van der Waals surface area contributed by atoms with E-state index in [1.165, 1.54) is 44.5 Å². The number of hydrogen-bond acceptors (Lipinski definition) is 2. The molecule has 0 bridgehead atoms. The van der Waals surface area contributed by atoms with Gasteiger partial charge in [0.25, 0.3) is 0 Å². The Bertz CT molecular complexity index is 117. The highest BCUT2D eigenvalue weighted by molar-refractivity contribution is 7.99. The maximum Gasteiger partial charge on any atom is 0.0173 e. The third-order valence-corrected chi connectivity index (χ3v) is 4.05. The number of hydrogen-bond donors (Lipinski definition) is 1. The van der Waals surface area contributed by atoms with Crippen LogP contribution in [0.4, 0.5) is 0 Å². The first kappa shape index (κ1) is 7.93. The van der Waals surface area contributed by atoms with E-state index in [1.807, 2.05) is 0 Å². The highest BCUT2D eigenvalue weighted by atomic mass is 32.2. The molecule has 1 atom stereocenters. The Labute approximate surface area is 73.3 Å². The second kappa shape index (κ2) is 3.81. The van der Waals surface area contributed by atoms with E-state index >= 15 is 0 Å². The fourth-order valence-electron chi connectivity index (χ4n) is 1.52. The molecule has 0 aromatic heterocycles. The molecule has 2 fully saturated rings. The zero-order valence-electron chi connectivity index (χ0n) is 7.01. The molecule has 11 heavy (non-hydrogen) atoms. The van der Waals surface area contributed by atoms with Crippen LogP contribution in [0.3, 0.4) is 0 Å². The minimum atomic E-state index is 0.935. The topological polar surface area (TPSA) is 12.0 Å². The summed E-state index contributed by atoms with van der Waals surface area (Å²) in [6, 6.07) is 0. The van der Waals surface area contributed by atoms with Gasteiger partial charge in [0.1, 0.15) is 0 Å². The summed E-state index contributed by atoms with van der Waals surface area (Å²) in [4.78, 5) is 0. The lowest BCUT2D eigenvalue weighted by Crippen LogP contribution is -2.31. The maximum absolute atomic E-state index is 3.46. The highest BCUT2D eigenvalue weighted by Crippen LogP contribution is 2.34. The third kappa shape index (κ3) is 2.68. The molecule has 0 amide bonds. The van der Waals surface area contributed by atoms with Gasteiger partial charge in [0.15, 0.2) is 0 Å². The summed E-state index contributed by atoms with van der Waals surface area (Å²) in [5.41, 5.74) is 0. The predicted octanol–water partition coefficient (Wildman–Crippen LogP) is 1.88. The smallest absolute Gasteiger partial charge is 0.0173 e. The molecule has 1 aliphatic carbocycles. The van der Waals surface area contributed by atoms with Crippen molar-refractivity contribution < 1.29 is 0 Å². The van der Waals surface area contributed by atoms with Crippen molar-refractivity contribution in [3.8, 4) is 0 Å². The predicted molar refractivity (Wildman–Crippen MR) is 51.1 cm³/mol. The number of thioether (sulfide) groups is 1. The first-order valence-corrected chi connectivity index (χ1v) is 5.82. The fraction of sp³-hybridized carbons (Fsp3) is 1.00. The molecule has 2 rings (SSSR count). The second-order valence-corrected chi connectivity index (χ2v) is 5.08. The van der Waals surface area contributed by atoms with E-state index in [0.29, 0.717) is 0 Å². The molecule has 1 saturated heterocycles. The van der Waals surface area contributed by atoms with Gasteiger partial charge in [-0.15, -0.1) is 0 Å². The van der Waals surface area contributed by atoms with Gasteiger partial charge in [-0.1, -0.05) is 0 Å². The summed E-state index contributed by atoms with van der Waals surface area (Å²) >= 11 is 2.21. The molecule has 64 valence electrons. The van der Waals surface area contributed by atoms with Crippen molar-refractivity contribution in [3.63, 3.8) is 0 Å². The quantitative estimate of drug-likeness (QED) is 0.696. The molecular formula is C9H17NS. The van der Waals surface area contributed by atoms with Crippen LogP contribution in [0.1, 0.15) is 25.7 Å². The van der Waals surface area contributed by atoms with Gasteiger partial charge in [-0.3, -0.25) is 0 Å².